The standard InChI is InChI=1S/C14H19O/c1-5-14(4,15)13(2,3)11-12-9-7-6-8-10-12/h1,5-10,15H,11H2,2-4H3. The zero-order valence-corrected chi connectivity index (χ0v) is 9.70. The van der Waals surface area contributed by atoms with E-state index in [4.69, 9.17) is 6.58 Å². The van der Waals surface area contributed by atoms with Gasteiger partial charge in [-0.05, 0) is 18.9 Å². The van der Waals surface area contributed by atoms with Gasteiger partial charge >= 0.3 is 0 Å². The van der Waals surface area contributed by atoms with E-state index < -0.39 is 5.60 Å². The summed E-state index contributed by atoms with van der Waals surface area (Å²) < 4.78 is 0. The monoisotopic (exact) mass is 203 g/mol. The second-order valence-electron chi connectivity index (χ2n) is 4.86. The minimum absolute atomic E-state index is 0.275. The first-order valence-electron chi connectivity index (χ1n) is 5.21. The van der Waals surface area contributed by atoms with Gasteiger partial charge in [0, 0.05) is 5.41 Å². The fourth-order valence-electron chi connectivity index (χ4n) is 1.51. The van der Waals surface area contributed by atoms with Gasteiger partial charge in [-0.15, -0.1) is 0 Å². The van der Waals surface area contributed by atoms with Gasteiger partial charge in [-0.1, -0.05) is 56.8 Å². The Kier molecular flexibility index (Phi) is 3.35. The molecule has 0 aromatic heterocycles. The average Bonchev–Trinajstić information content (AvgIpc) is 2.18. The van der Waals surface area contributed by atoms with Crippen LogP contribution in [0.2, 0.25) is 0 Å². The topological polar surface area (TPSA) is 20.2 Å². The Labute approximate surface area is 92.5 Å². The van der Waals surface area contributed by atoms with Crippen molar-refractivity contribution in [1.82, 2.24) is 0 Å². The third-order valence-corrected chi connectivity index (χ3v) is 3.18. The molecule has 1 atom stereocenters. The van der Waals surface area contributed by atoms with E-state index in [1.54, 1.807) is 6.92 Å². The van der Waals surface area contributed by atoms with Crippen molar-refractivity contribution in [3.8, 4) is 0 Å². The molecule has 1 aromatic carbocycles. The van der Waals surface area contributed by atoms with Crippen molar-refractivity contribution in [2.75, 3.05) is 0 Å². The van der Waals surface area contributed by atoms with Gasteiger partial charge in [-0.2, -0.15) is 0 Å². The normalized spacial score (nSPS) is 15.7. The molecule has 0 saturated carbocycles. The number of aliphatic hydroxyl groups is 1. The number of hydrogen-bond donors (Lipinski definition) is 1. The summed E-state index contributed by atoms with van der Waals surface area (Å²) in [6.45, 7) is 11.3. The van der Waals surface area contributed by atoms with E-state index >= 15 is 0 Å². The molecule has 1 unspecified atom stereocenters. The van der Waals surface area contributed by atoms with Crippen LogP contribution in [0.5, 0.6) is 0 Å². The van der Waals surface area contributed by atoms with Gasteiger partial charge in [-0.25, -0.2) is 0 Å². The molecule has 1 N–H and O–H groups in total. The van der Waals surface area contributed by atoms with Gasteiger partial charge in [0.25, 0.3) is 0 Å². The third-order valence-electron chi connectivity index (χ3n) is 3.18. The molecule has 1 rings (SSSR count). The minimum atomic E-state index is -0.956. The summed E-state index contributed by atoms with van der Waals surface area (Å²) >= 11 is 0. The van der Waals surface area contributed by atoms with Crippen LogP contribution in [-0.4, -0.2) is 10.7 Å². The Bertz CT molecular complexity index is 322. The summed E-state index contributed by atoms with van der Waals surface area (Å²) in [5.74, 6) is 0. The van der Waals surface area contributed by atoms with Crippen LogP contribution in [0.3, 0.4) is 0 Å². The Morgan fingerprint density at radius 3 is 2.20 bits per heavy atom. The van der Waals surface area contributed by atoms with Crippen molar-refractivity contribution in [2.24, 2.45) is 5.41 Å². The highest BCUT2D eigenvalue weighted by atomic mass is 16.3. The van der Waals surface area contributed by atoms with Gasteiger partial charge in [0.15, 0.2) is 0 Å². The van der Waals surface area contributed by atoms with Crippen LogP contribution in [0.15, 0.2) is 36.4 Å². The van der Waals surface area contributed by atoms with Gasteiger partial charge in [0.2, 0.25) is 0 Å². The highest BCUT2D eigenvalue weighted by Gasteiger charge is 2.36. The lowest BCUT2D eigenvalue weighted by atomic mass is 9.72. The summed E-state index contributed by atoms with van der Waals surface area (Å²) in [5, 5.41) is 10.1. The molecule has 1 radical (unpaired) electrons. The summed E-state index contributed by atoms with van der Waals surface area (Å²) in [7, 11) is 0. The van der Waals surface area contributed by atoms with Crippen molar-refractivity contribution in [3.63, 3.8) is 0 Å². The van der Waals surface area contributed by atoms with Crippen LogP contribution >= 0.6 is 0 Å². The smallest absolute Gasteiger partial charge is 0.0856 e. The predicted molar refractivity (Wildman–Crippen MR) is 63.4 cm³/mol. The van der Waals surface area contributed by atoms with E-state index in [0.717, 1.165) is 6.42 Å². The Morgan fingerprint density at radius 1 is 1.20 bits per heavy atom. The summed E-state index contributed by atoms with van der Waals surface area (Å²) in [6.07, 6.45) is 2.17. The molecule has 0 aliphatic rings. The van der Waals surface area contributed by atoms with E-state index in [1.165, 1.54) is 11.6 Å². The van der Waals surface area contributed by atoms with Gasteiger partial charge in [0.05, 0.1) is 5.60 Å². The van der Waals surface area contributed by atoms with Crippen molar-refractivity contribution < 1.29 is 5.11 Å². The summed E-state index contributed by atoms with van der Waals surface area (Å²) in [4.78, 5) is 0. The fraction of sp³-hybridized carbons (Fsp3) is 0.429. The SMILES string of the molecule is [CH]=CC(C)(O)C(C)(C)Cc1ccccc1. The molecule has 0 fully saturated rings. The van der Waals surface area contributed by atoms with Crippen molar-refractivity contribution >= 4 is 0 Å². The molecule has 0 saturated heterocycles. The zero-order chi connectivity index (χ0) is 11.5. The Hall–Kier alpha value is -1.08. The second-order valence-corrected chi connectivity index (χ2v) is 4.86. The number of rotatable bonds is 4. The van der Waals surface area contributed by atoms with Crippen LogP contribution in [0.1, 0.15) is 26.3 Å². The highest BCUT2D eigenvalue weighted by Crippen LogP contribution is 2.34. The molecular weight excluding hydrogens is 184 g/mol. The van der Waals surface area contributed by atoms with Crippen LogP contribution in [-0.2, 0) is 6.42 Å². The van der Waals surface area contributed by atoms with E-state index in [1.807, 2.05) is 32.0 Å². The van der Waals surface area contributed by atoms with Crippen molar-refractivity contribution in [1.29, 1.82) is 0 Å². The maximum absolute atomic E-state index is 10.1. The first-order chi connectivity index (χ1) is 6.89. The van der Waals surface area contributed by atoms with E-state index in [0.29, 0.717) is 0 Å². The van der Waals surface area contributed by atoms with E-state index in [2.05, 4.69) is 12.1 Å². The molecule has 81 valence electrons. The molecule has 0 amide bonds. The van der Waals surface area contributed by atoms with E-state index in [9.17, 15) is 5.11 Å². The molecule has 0 bridgehead atoms. The maximum atomic E-state index is 10.1. The van der Waals surface area contributed by atoms with E-state index in [-0.39, 0.29) is 5.41 Å². The predicted octanol–water partition coefficient (Wildman–Crippen LogP) is 3.00. The molecule has 0 spiro atoms. The molecule has 0 heterocycles. The van der Waals surface area contributed by atoms with Crippen LogP contribution in [0, 0.1) is 12.0 Å². The third kappa shape index (κ3) is 2.69. The average molecular weight is 203 g/mol. The lowest BCUT2D eigenvalue weighted by Gasteiger charge is -2.38. The largest absolute Gasteiger partial charge is 0.386 e. The first-order valence-corrected chi connectivity index (χ1v) is 5.21. The van der Waals surface area contributed by atoms with Crippen LogP contribution in [0.4, 0.5) is 0 Å². The van der Waals surface area contributed by atoms with Gasteiger partial charge in [-0.3, -0.25) is 0 Å². The lowest BCUT2D eigenvalue weighted by Crippen LogP contribution is -2.41. The Balaban J connectivity index is 2.86. The molecular formula is C14H19O. The second kappa shape index (κ2) is 4.19. The number of hydrogen-bond acceptors (Lipinski definition) is 1. The van der Waals surface area contributed by atoms with Crippen molar-refractivity contribution in [3.05, 3.63) is 48.6 Å². The molecule has 1 aromatic rings. The zero-order valence-electron chi connectivity index (χ0n) is 9.70. The molecule has 1 heteroatoms. The molecule has 15 heavy (non-hydrogen) atoms. The summed E-state index contributed by atoms with van der Waals surface area (Å²) in [6, 6.07) is 10.1. The van der Waals surface area contributed by atoms with Crippen LogP contribution < -0.4 is 0 Å². The molecule has 0 aliphatic carbocycles. The van der Waals surface area contributed by atoms with Gasteiger partial charge in [0.1, 0.15) is 0 Å². The highest BCUT2D eigenvalue weighted by molar-refractivity contribution is 5.18. The quantitative estimate of drug-likeness (QED) is 0.797. The van der Waals surface area contributed by atoms with Gasteiger partial charge < -0.3 is 5.11 Å². The summed E-state index contributed by atoms with van der Waals surface area (Å²) in [5.41, 5.74) is -0.0176. The van der Waals surface area contributed by atoms with Crippen LogP contribution in [0.25, 0.3) is 0 Å². The molecule has 1 nitrogen and oxygen atoms in total. The maximum Gasteiger partial charge on any atom is 0.0856 e. The Morgan fingerprint density at radius 2 is 1.73 bits per heavy atom. The first kappa shape index (κ1) is 12.0. The molecule has 0 aliphatic heterocycles. The minimum Gasteiger partial charge on any atom is -0.386 e. The fourth-order valence-corrected chi connectivity index (χ4v) is 1.51. The lowest BCUT2D eigenvalue weighted by molar-refractivity contribution is -0.00768. The van der Waals surface area contributed by atoms with Crippen molar-refractivity contribution in [2.45, 2.75) is 32.8 Å². The number of benzene rings is 1.